The summed E-state index contributed by atoms with van der Waals surface area (Å²) in [5.74, 6) is 1.37. The Morgan fingerprint density at radius 3 is 2.46 bits per heavy atom. The van der Waals surface area contributed by atoms with Gasteiger partial charge in [0.25, 0.3) is 0 Å². The molecule has 0 saturated carbocycles. The van der Waals surface area contributed by atoms with E-state index in [2.05, 4.69) is 67.1 Å². The average molecular weight is 503 g/mol. The zero-order valence-electron chi connectivity index (χ0n) is 22.3. The molecule has 1 spiro atoms. The topological polar surface area (TPSA) is 75.0 Å². The van der Waals surface area contributed by atoms with Gasteiger partial charge in [0.05, 0.1) is 17.6 Å². The fraction of sp³-hybridized carbons (Fsp3) is 0.429. The molecule has 2 saturated heterocycles. The highest BCUT2D eigenvalue weighted by Gasteiger charge is 2.49. The van der Waals surface area contributed by atoms with E-state index in [-0.39, 0.29) is 6.04 Å². The molecular weight excluding hydrogens is 467 g/mol. The quantitative estimate of drug-likeness (QED) is 0.451. The highest BCUT2D eigenvalue weighted by molar-refractivity contribution is 5.88. The van der Waals surface area contributed by atoms with Crippen molar-refractivity contribution < 1.29 is 4.39 Å². The van der Waals surface area contributed by atoms with Crippen LogP contribution in [-0.4, -0.2) is 67.5 Å². The van der Waals surface area contributed by atoms with Crippen molar-refractivity contribution in [3.05, 3.63) is 71.5 Å². The molecule has 0 amide bonds. The summed E-state index contributed by atoms with van der Waals surface area (Å²) in [4.78, 5) is 22.5. The molecule has 1 N–H and O–H groups in total. The molecule has 0 bridgehead atoms. The Hall–Kier alpha value is -3.43. The Morgan fingerprint density at radius 1 is 1.14 bits per heavy atom. The number of hydrogen-bond donors (Lipinski definition) is 1. The van der Waals surface area contributed by atoms with E-state index in [1.165, 1.54) is 19.3 Å². The zero-order valence-corrected chi connectivity index (χ0v) is 22.3. The number of nitrogens with one attached hydrogen (secondary N) is 1. The number of halogens is 1. The molecular formula is C28H35FN8. The van der Waals surface area contributed by atoms with Gasteiger partial charge in [-0.3, -0.25) is 4.90 Å². The van der Waals surface area contributed by atoms with Crippen LogP contribution in [0, 0.1) is 25.1 Å². The minimum absolute atomic E-state index is 0.222. The lowest BCUT2D eigenvalue weighted by Crippen LogP contribution is -2.70. The maximum atomic E-state index is 14.9. The predicted octanol–water partition coefficient (Wildman–Crippen LogP) is 4.62. The lowest BCUT2D eigenvalue weighted by Gasteiger charge is -2.59. The first kappa shape index (κ1) is 25.2. The van der Waals surface area contributed by atoms with Gasteiger partial charge in [0.1, 0.15) is 17.5 Å². The third-order valence-electron chi connectivity index (χ3n) is 7.18. The van der Waals surface area contributed by atoms with E-state index in [0.717, 1.165) is 42.4 Å². The van der Waals surface area contributed by atoms with Crippen molar-refractivity contribution in [2.24, 2.45) is 5.41 Å². The second kappa shape index (κ2) is 9.79. The number of rotatable bonds is 8. The van der Waals surface area contributed by atoms with Gasteiger partial charge < -0.3 is 14.8 Å². The van der Waals surface area contributed by atoms with Crippen molar-refractivity contribution in [1.82, 2.24) is 34.3 Å². The zero-order chi connectivity index (χ0) is 26.3. The number of aromatic nitrogens is 5. The van der Waals surface area contributed by atoms with Crippen LogP contribution in [0.25, 0.3) is 11.6 Å². The Bertz CT molecular complexity index is 1330. The van der Waals surface area contributed by atoms with Gasteiger partial charge in [0.15, 0.2) is 0 Å². The molecule has 5 rings (SSSR count). The van der Waals surface area contributed by atoms with E-state index in [1.807, 2.05) is 32.3 Å². The number of anilines is 2. The van der Waals surface area contributed by atoms with Crippen molar-refractivity contribution in [3.8, 4) is 0 Å². The van der Waals surface area contributed by atoms with Crippen LogP contribution in [0.15, 0.2) is 37.3 Å². The molecule has 0 radical (unpaired) electrons. The molecule has 0 atom stereocenters. The van der Waals surface area contributed by atoms with Crippen molar-refractivity contribution in [3.63, 3.8) is 0 Å². The van der Waals surface area contributed by atoms with Gasteiger partial charge in [-0.05, 0) is 52.5 Å². The van der Waals surface area contributed by atoms with Crippen molar-refractivity contribution in [1.29, 1.82) is 0 Å². The van der Waals surface area contributed by atoms with Crippen LogP contribution >= 0.6 is 0 Å². The number of imidazole rings is 1. The first-order valence-electron chi connectivity index (χ1n) is 12.7. The second-order valence-corrected chi connectivity index (χ2v) is 10.8. The summed E-state index contributed by atoms with van der Waals surface area (Å²) in [6.07, 6.45) is 8.47. The normalized spacial score (nSPS) is 17.6. The maximum Gasteiger partial charge on any atom is 0.228 e. The molecule has 0 aliphatic carbocycles. The van der Waals surface area contributed by atoms with E-state index >= 15 is 0 Å². The minimum Gasteiger partial charge on any atom is -0.326 e. The molecule has 2 aliphatic heterocycles. The molecule has 0 aromatic carbocycles. The third kappa shape index (κ3) is 5.06. The Labute approximate surface area is 218 Å². The van der Waals surface area contributed by atoms with Gasteiger partial charge >= 0.3 is 0 Å². The molecule has 0 unspecified atom stereocenters. The smallest absolute Gasteiger partial charge is 0.228 e. The van der Waals surface area contributed by atoms with Gasteiger partial charge in [0.2, 0.25) is 5.95 Å². The largest absolute Gasteiger partial charge is 0.326 e. The third-order valence-corrected chi connectivity index (χ3v) is 7.18. The Kier molecular flexibility index (Phi) is 6.68. The fourth-order valence-electron chi connectivity index (χ4n) is 5.84. The number of pyridine rings is 1. The molecule has 5 heterocycles. The molecule has 3 aromatic rings. The predicted molar refractivity (Wildman–Crippen MR) is 145 cm³/mol. The van der Waals surface area contributed by atoms with Crippen molar-refractivity contribution in [2.75, 3.05) is 38.5 Å². The van der Waals surface area contributed by atoms with Crippen LogP contribution in [0.1, 0.15) is 48.2 Å². The second-order valence-electron chi connectivity index (χ2n) is 10.8. The van der Waals surface area contributed by atoms with Crippen LogP contribution in [0.2, 0.25) is 0 Å². The molecule has 2 aliphatic rings. The van der Waals surface area contributed by atoms with Crippen LogP contribution in [0.3, 0.4) is 0 Å². The van der Waals surface area contributed by atoms with Gasteiger partial charge in [-0.1, -0.05) is 12.7 Å². The molecule has 9 heteroatoms. The van der Waals surface area contributed by atoms with E-state index in [9.17, 15) is 4.39 Å². The number of likely N-dealkylation sites (tertiary alicyclic amines) is 2. The molecule has 194 valence electrons. The summed E-state index contributed by atoms with van der Waals surface area (Å²) in [5.41, 5.74) is 4.45. The Balaban J connectivity index is 1.30. The average Bonchev–Trinajstić information content (AvgIpc) is 3.10. The molecule has 8 nitrogen and oxygen atoms in total. The molecule has 3 aromatic heterocycles. The van der Waals surface area contributed by atoms with Crippen molar-refractivity contribution >= 4 is 23.4 Å². The summed E-state index contributed by atoms with van der Waals surface area (Å²) >= 11 is 0. The molecule has 2 fully saturated rings. The highest BCUT2D eigenvalue weighted by atomic mass is 19.1. The lowest BCUT2D eigenvalue weighted by atomic mass is 9.73. The van der Waals surface area contributed by atoms with E-state index in [4.69, 9.17) is 0 Å². The number of hydrogen-bond acceptors (Lipinski definition) is 7. The summed E-state index contributed by atoms with van der Waals surface area (Å²) in [6, 6.07) is 1.88. The van der Waals surface area contributed by atoms with E-state index in [0.29, 0.717) is 28.3 Å². The van der Waals surface area contributed by atoms with Gasteiger partial charge in [-0.2, -0.15) is 0 Å². The van der Waals surface area contributed by atoms with Crippen LogP contribution in [0.4, 0.5) is 16.2 Å². The van der Waals surface area contributed by atoms with E-state index < -0.39 is 5.82 Å². The number of allylic oxidation sites excluding steroid dienone is 2. The fourth-order valence-corrected chi connectivity index (χ4v) is 5.84. The van der Waals surface area contributed by atoms with Gasteiger partial charge in [-0.25, -0.2) is 24.3 Å². The van der Waals surface area contributed by atoms with Gasteiger partial charge in [0, 0.05) is 67.7 Å². The highest BCUT2D eigenvalue weighted by Crippen LogP contribution is 2.39. The van der Waals surface area contributed by atoms with Crippen molar-refractivity contribution in [2.45, 2.75) is 40.3 Å². The summed E-state index contributed by atoms with van der Waals surface area (Å²) in [6.45, 7) is 17.6. The standard InChI is InChI=1S/C28H35FN8/c1-7-22(8-25-19(4)33-20(5)37(25)18(2)3)23-9-26(30-12-24(23)29)34-27-31-10-21(11-32-27)13-36-16-28(17-36)14-35(6)15-28/h7-12,18H,1,13-17H2,2-6H3,(H,30,31,32,34)/b22-8+. The lowest BCUT2D eigenvalue weighted by molar-refractivity contribution is -0.108. The summed E-state index contributed by atoms with van der Waals surface area (Å²) < 4.78 is 17.0. The van der Waals surface area contributed by atoms with Crippen LogP contribution < -0.4 is 5.32 Å². The van der Waals surface area contributed by atoms with E-state index in [1.54, 1.807) is 12.1 Å². The molecule has 37 heavy (non-hydrogen) atoms. The number of nitrogens with zero attached hydrogens (tertiary/aromatic N) is 7. The van der Waals surface area contributed by atoms with Crippen LogP contribution in [-0.2, 0) is 6.54 Å². The SMILES string of the molecule is C=C/C(=C\c1c(C)nc(C)n1C(C)C)c1cc(Nc2ncc(CN3CC4(CN(C)C4)C3)cn2)ncc1F. The first-order valence-corrected chi connectivity index (χ1v) is 12.7. The minimum atomic E-state index is -0.428. The number of aryl methyl sites for hydroxylation is 2. The van der Waals surface area contributed by atoms with Gasteiger partial charge in [-0.15, -0.1) is 0 Å². The summed E-state index contributed by atoms with van der Waals surface area (Å²) in [7, 11) is 2.17. The Morgan fingerprint density at radius 2 is 1.84 bits per heavy atom. The summed E-state index contributed by atoms with van der Waals surface area (Å²) in [5, 5.41) is 3.11. The maximum absolute atomic E-state index is 14.9. The first-order chi connectivity index (χ1) is 17.7. The van der Waals surface area contributed by atoms with Crippen LogP contribution in [0.5, 0.6) is 0 Å². The monoisotopic (exact) mass is 502 g/mol.